The fourth-order valence-corrected chi connectivity index (χ4v) is 4.33. The lowest BCUT2D eigenvalue weighted by Gasteiger charge is -2.29. The molecule has 2 rings (SSSR count). The van der Waals surface area contributed by atoms with E-state index in [0.717, 1.165) is 32.1 Å². The van der Waals surface area contributed by atoms with Crippen LogP contribution in [0.1, 0.15) is 44.9 Å². The molecular formula is C13H25N3O3S. The average molecular weight is 303 g/mol. The molecule has 1 heterocycles. The van der Waals surface area contributed by atoms with Gasteiger partial charge in [0.1, 0.15) is 6.04 Å². The first-order valence-corrected chi connectivity index (χ1v) is 8.82. The molecule has 0 spiro atoms. The molecule has 116 valence electrons. The highest BCUT2D eigenvalue weighted by Crippen LogP contribution is 2.24. The maximum absolute atomic E-state index is 12.4. The van der Waals surface area contributed by atoms with Gasteiger partial charge in [-0.05, 0) is 25.7 Å². The van der Waals surface area contributed by atoms with Crippen LogP contribution in [0.5, 0.6) is 0 Å². The SMILES string of the molecule is CN(C)S(=O)(=O)N1CCC[C@H]1C(=O)NC1CCCCC1. The van der Waals surface area contributed by atoms with E-state index < -0.39 is 16.3 Å². The highest BCUT2D eigenvalue weighted by atomic mass is 32.2. The molecule has 1 atom stereocenters. The molecule has 0 unspecified atom stereocenters. The van der Waals surface area contributed by atoms with Gasteiger partial charge >= 0.3 is 0 Å². The molecular weight excluding hydrogens is 278 g/mol. The normalized spacial score (nSPS) is 26.1. The fraction of sp³-hybridized carbons (Fsp3) is 0.923. The number of hydrogen-bond acceptors (Lipinski definition) is 3. The van der Waals surface area contributed by atoms with E-state index in [9.17, 15) is 13.2 Å². The maximum Gasteiger partial charge on any atom is 0.282 e. The first kappa shape index (κ1) is 15.7. The van der Waals surface area contributed by atoms with Gasteiger partial charge in [0.25, 0.3) is 10.2 Å². The molecule has 6 nitrogen and oxygen atoms in total. The fourth-order valence-electron chi connectivity index (χ4n) is 3.03. The monoisotopic (exact) mass is 303 g/mol. The Morgan fingerprint density at radius 2 is 1.75 bits per heavy atom. The Bertz CT molecular complexity index is 444. The Balaban J connectivity index is 2.01. The second-order valence-corrected chi connectivity index (χ2v) is 8.00. The Labute approximate surface area is 121 Å². The summed E-state index contributed by atoms with van der Waals surface area (Å²) < 4.78 is 26.9. The van der Waals surface area contributed by atoms with Crippen molar-refractivity contribution in [2.45, 2.75) is 57.0 Å². The zero-order valence-electron chi connectivity index (χ0n) is 12.3. The Hall–Kier alpha value is -0.660. The summed E-state index contributed by atoms with van der Waals surface area (Å²) in [5.74, 6) is -0.125. The van der Waals surface area contributed by atoms with Crippen molar-refractivity contribution in [2.75, 3.05) is 20.6 Å². The number of nitrogens with zero attached hydrogens (tertiary/aromatic N) is 2. The third-order valence-corrected chi connectivity index (χ3v) is 6.17. The van der Waals surface area contributed by atoms with Crippen molar-refractivity contribution in [3.05, 3.63) is 0 Å². The van der Waals surface area contributed by atoms with E-state index in [4.69, 9.17) is 0 Å². The minimum absolute atomic E-state index is 0.125. The van der Waals surface area contributed by atoms with Gasteiger partial charge in [0.15, 0.2) is 0 Å². The van der Waals surface area contributed by atoms with Gasteiger partial charge in [0.2, 0.25) is 5.91 Å². The highest BCUT2D eigenvalue weighted by Gasteiger charge is 2.40. The number of carbonyl (C=O) groups is 1. The molecule has 2 aliphatic rings. The van der Waals surface area contributed by atoms with Crippen LogP contribution < -0.4 is 5.32 Å². The van der Waals surface area contributed by atoms with Crippen LogP contribution in [-0.4, -0.2) is 55.7 Å². The first-order valence-electron chi connectivity index (χ1n) is 7.42. The third kappa shape index (κ3) is 3.32. The van der Waals surface area contributed by atoms with Gasteiger partial charge in [-0.15, -0.1) is 0 Å². The van der Waals surface area contributed by atoms with Crippen LogP contribution >= 0.6 is 0 Å². The number of nitrogens with one attached hydrogen (secondary N) is 1. The summed E-state index contributed by atoms with van der Waals surface area (Å²) in [6, 6.07) is -0.315. The smallest absolute Gasteiger partial charge is 0.282 e. The molecule has 1 amide bonds. The molecule has 1 saturated heterocycles. The van der Waals surface area contributed by atoms with Gasteiger partial charge < -0.3 is 5.32 Å². The van der Waals surface area contributed by atoms with Crippen LogP contribution in [0, 0.1) is 0 Å². The van der Waals surface area contributed by atoms with E-state index in [1.807, 2.05) is 0 Å². The lowest BCUT2D eigenvalue weighted by atomic mass is 9.95. The Morgan fingerprint density at radius 3 is 2.35 bits per heavy atom. The van der Waals surface area contributed by atoms with E-state index in [1.165, 1.54) is 29.1 Å². The molecule has 7 heteroatoms. The van der Waals surface area contributed by atoms with E-state index in [1.54, 1.807) is 0 Å². The van der Waals surface area contributed by atoms with Crippen LogP contribution in [0.3, 0.4) is 0 Å². The molecule has 1 saturated carbocycles. The second-order valence-electron chi connectivity index (χ2n) is 5.90. The molecule has 1 aliphatic heterocycles. The van der Waals surface area contributed by atoms with E-state index >= 15 is 0 Å². The van der Waals surface area contributed by atoms with E-state index in [2.05, 4.69) is 5.32 Å². The first-order chi connectivity index (χ1) is 9.43. The second kappa shape index (κ2) is 6.41. The predicted octanol–water partition coefficient (Wildman–Crippen LogP) is 0.706. The minimum Gasteiger partial charge on any atom is -0.352 e. The van der Waals surface area contributed by atoms with Gasteiger partial charge in [-0.1, -0.05) is 19.3 Å². The Kier molecular flexibility index (Phi) is 5.04. The van der Waals surface area contributed by atoms with Crippen molar-refractivity contribution >= 4 is 16.1 Å². The minimum atomic E-state index is -3.51. The van der Waals surface area contributed by atoms with E-state index in [0.29, 0.717) is 13.0 Å². The van der Waals surface area contributed by atoms with Crippen LogP contribution in [0.4, 0.5) is 0 Å². The van der Waals surface area contributed by atoms with Crippen molar-refractivity contribution in [2.24, 2.45) is 0 Å². The quantitative estimate of drug-likeness (QED) is 0.831. The van der Waals surface area contributed by atoms with Crippen LogP contribution in [-0.2, 0) is 15.0 Å². The van der Waals surface area contributed by atoms with Gasteiger partial charge in [-0.25, -0.2) is 0 Å². The van der Waals surface area contributed by atoms with Crippen LogP contribution in [0.25, 0.3) is 0 Å². The van der Waals surface area contributed by atoms with Crippen molar-refractivity contribution in [1.82, 2.24) is 13.9 Å². The summed E-state index contributed by atoms with van der Waals surface area (Å²) >= 11 is 0. The van der Waals surface area contributed by atoms with Gasteiger partial charge in [-0.3, -0.25) is 4.79 Å². The van der Waals surface area contributed by atoms with Crippen molar-refractivity contribution in [1.29, 1.82) is 0 Å². The molecule has 20 heavy (non-hydrogen) atoms. The number of carbonyl (C=O) groups excluding carboxylic acids is 1. The molecule has 0 aromatic rings. The Morgan fingerprint density at radius 1 is 1.10 bits per heavy atom. The summed E-state index contributed by atoms with van der Waals surface area (Å²) in [4.78, 5) is 12.4. The third-order valence-electron chi connectivity index (χ3n) is 4.22. The zero-order valence-corrected chi connectivity index (χ0v) is 13.2. The molecule has 0 bridgehead atoms. The standard InChI is InChI=1S/C13H25N3O3S/c1-15(2)20(18,19)16-10-6-9-12(16)13(17)14-11-7-4-3-5-8-11/h11-12H,3-10H2,1-2H3,(H,14,17)/t12-/m0/s1. The molecule has 2 fully saturated rings. The average Bonchev–Trinajstić information content (AvgIpc) is 2.89. The number of rotatable bonds is 4. The van der Waals surface area contributed by atoms with Crippen molar-refractivity contribution in [3.8, 4) is 0 Å². The summed E-state index contributed by atoms with van der Waals surface area (Å²) in [7, 11) is -0.498. The zero-order chi connectivity index (χ0) is 14.8. The summed E-state index contributed by atoms with van der Waals surface area (Å²) in [6.07, 6.45) is 6.92. The lowest BCUT2D eigenvalue weighted by Crippen LogP contribution is -2.51. The molecule has 0 aromatic carbocycles. The van der Waals surface area contributed by atoms with Crippen molar-refractivity contribution in [3.63, 3.8) is 0 Å². The van der Waals surface area contributed by atoms with E-state index in [-0.39, 0.29) is 11.9 Å². The molecule has 0 radical (unpaired) electrons. The summed E-state index contributed by atoms with van der Waals surface area (Å²) in [5, 5.41) is 3.04. The molecule has 1 N–H and O–H groups in total. The highest BCUT2D eigenvalue weighted by molar-refractivity contribution is 7.86. The lowest BCUT2D eigenvalue weighted by molar-refractivity contribution is -0.125. The van der Waals surface area contributed by atoms with Gasteiger partial charge in [0.05, 0.1) is 0 Å². The number of hydrogen-bond donors (Lipinski definition) is 1. The topological polar surface area (TPSA) is 69.7 Å². The van der Waals surface area contributed by atoms with Crippen LogP contribution in [0.2, 0.25) is 0 Å². The maximum atomic E-state index is 12.4. The largest absolute Gasteiger partial charge is 0.352 e. The van der Waals surface area contributed by atoms with Crippen LogP contribution in [0.15, 0.2) is 0 Å². The predicted molar refractivity (Wildman–Crippen MR) is 77.4 cm³/mol. The van der Waals surface area contributed by atoms with Gasteiger partial charge in [0, 0.05) is 26.7 Å². The number of amides is 1. The summed E-state index contributed by atoms with van der Waals surface area (Å²) in [6.45, 7) is 0.434. The molecule has 1 aliphatic carbocycles. The molecule has 0 aromatic heterocycles. The summed E-state index contributed by atoms with van der Waals surface area (Å²) in [5.41, 5.74) is 0. The van der Waals surface area contributed by atoms with Crippen molar-refractivity contribution < 1.29 is 13.2 Å². The van der Waals surface area contributed by atoms with Gasteiger partial charge in [-0.2, -0.15) is 17.0 Å².